The standard InChI is InChI=1S/C24H25NO2.ClH/c1-16(27)24(2,15-26)25-14-18-13-23-19-8-4-3-7-17(19)11-12-22(23)21-10-6-5-9-20(18)21;/h3-13,16,25-27H,14-15H2,1-2H3;1H. The van der Waals surface area contributed by atoms with Gasteiger partial charge in [0.15, 0.2) is 0 Å². The lowest BCUT2D eigenvalue weighted by Crippen LogP contribution is -2.53. The zero-order valence-corrected chi connectivity index (χ0v) is 17.0. The van der Waals surface area contributed by atoms with E-state index in [2.05, 4.69) is 72.0 Å². The molecule has 0 radical (unpaired) electrons. The topological polar surface area (TPSA) is 52.5 Å². The molecule has 0 aromatic heterocycles. The fraction of sp³-hybridized carbons (Fsp3) is 0.250. The molecule has 0 heterocycles. The van der Waals surface area contributed by atoms with Crippen LogP contribution in [0.5, 0.6) is 0 Å². The second kappa shape index (κ2) is 8.06. The van der Waals surface area contributed by atoms with Crippen LogP contribution in [0.15, 0.2) is 66.7 Å². The van der Waals surface area contributed by atoms with E-state index in [0.29, 0.717) is 6.54 Å². The van der Waals surface area contributed by atoms with Crippen molar-refractivity contribution in [2.75, 3.05) is 6.61 Å². The van der Waals surface area contributed by atoms with Gasteiger partial charge in [0.25, 0.3) is 0 Å². The van der Waals surface area contributed by atoms with Crippen LogP contribution < -0.4 is 5.32 Å². The largest absolute Gasteiger partial charge is 0.394 e. The lowest BCUT2D eigenvalue weighted by Gasteiger charge is -2.32. The summed E-state index contributed by atoms with van der Waals surface area (Å²) in [7, 11) is 0. The molecule has 0 bridgehead atoms. The van der Waals surface area contributed by atoms with Gasteiger partial charge >= 0.3 is 0 Å². The Labute approximate surface area is 171 Å². The van der Waals surface area contributed by atoms with Crippen LogP contribution in [0.25, 0.3) is 32.3 Å². The van der Waals surface area contributed by atoms with Gasteiger partial charge in [-0.15, -0.1) is 12.4 Å². The van der Waals surface area contributed by atoms with E-state index in [1.165, 1.54) is 32.3 Å². The van der Waals surface area contributed by atoms with Crippen molar-refractivity contribution in [2.45, 2.75) is 32.0 Å². The van der Waals surface area contributed by atoms with E-state index in [9.17, 15) is 10.2 Å². The highest BCUT2D eigenvalue weighted by Crippen LogP contribution is 2.33. The molecule has 4 aromatic rings. The maximum Gasteiger partial charge on any atom is 0.0713 e. The maximum absolute atomic E-state index is 10.1. The molecule has 0 saturated heterocycles. The molecule has 4 aromatic carbocycles. The number of hydrogen-bond donors (Lipinski definition) is 3. The summed E-state index contributed by atoms with van der Waals surface area (Å²) in [5.74, 6) is 0. The summed E-state index contributed by atoms with van der Waals surface area (Å²) in [5, 5.41) is 30.5. The van der Waals surface area contributed by atoms with Gasteiger partial charge in [-0.2, -0.15) is 0 Å². The third kappa shape index (κ3) is 3.47. The molecule has 0 aliphatic carbocycles. The maximum atomic E-state index is 10.1. The van der Waals surface area contributed by atoms with Crippen molar-refractivity contribution in [2.24, 2.45) is 0 Å². The van der Waals surface area contributed by atoms with Gasteiger partial charge in [0.1, 0.15) is 0 Å². The number of aliphatic hydroxyl groups is 2. The van der Waals surface area contributed by atoms with Gasteiger partial charge in [0.05, 0.1) is 18.2 Å². The Hall–Kier alpha value is -2.17. The molecule has 4 rings (SSSR count). The van der Waals surface area contributed by atoms with E-state index >= 15 is 0 Å². The molecule has 2 atom stereocenters. The van der Waals surface area contributed by atoms with Gasteiger partial charge < -0.3 is 15.5 Å². The summed E-state index contributed by atoms with van der Waals surface area (Å²) < 4.78 is 0. The lowest BCUT2D eigenvalue weighted by atomic mass is 9.92. The Morgan fingerprint density at radius 3 is 2.14 bits per heavy atom. The zero-order chi connectivity index (χ0) is 19.0. The molecule has 3 nitrogen and oxygen atoms in total. The van der Waals surface area contributed by atoms with Gasteiger partial charge in [0.2, 0.25) is 0 Å². The summed E-state index contributed by atoms with van der Waals surface area (Å²) in [6.07, 6.45) is -0.657. The summed E-state index contributed by atoms with van der Waals surface area (Å²) in [5.41, 5.74) is 0.421. The fourth-order valence-corrected chi connectivity index (χ4v) is 3.72. The molecule has 0 aliphatic heterocycles. The summed E-state index contributed by atoms with van der Waals surface area (Å²) in [6.45, 7) is 3.99. The Morgan fingerprint density at radius 1 is 0.857 bits per heavy atom. The van der Waals surface area contributed by atoms with Crippen molar-refractivity contribution in [3.8, 4) is 0 Å². The van der Waals surface area contributed by atoms with Gasteiger partial charge in [-0.1, -0.05) is 60.7 Å². The normalized spacial score (nSPS) is 14.7. The second-order valence-corrected chi connectivity index (χ2v) is 7.57. The lowest BCUT2D eigenvalue weighted by molar-refractivity contribution is 0.0404. The average Bonchev–Trinajstić information content (AvgIpc) is 2.71. The predicted molar refractivity (Wildman–Crippen MR) is 120 cm³/mol. The molecule has 28 heavy (non-hydrogen) atoms. The average molecular weight is 396 g/mol. The van der Waals surface area contributed by atoms with Crippen molar-refractivity contribution in [3.63, 3.8) is 0 Å². The minimum Gasteiger partial charge on any atom is -0.394 e. The molecule has 0 fully saturated rings. The van der Waals surface area contributed by atoms with E-state index in [0.717, 1.165) is 5.56 Å². The first-order valence-electron chi connectivity index (χ1n) is 9.39. The van der Waals surface area contributed by atoms with Crippen LogP contribution in [0, 0.1) is 0 Å². The molecular formula is C24H26ClNO2. The van der Waals surface area contributed by atoms with Gasteiger partial charge in [-0.05, 0) is 57.8 Å². The van der Waals surface area contributed by atoms with Crippen LogP contribution in [0.4, 0.5) is 0 Å². The van der Waals surface area contributed by atoms with Gasteiger partial charge in [-0.25, -0.2) is 0 Å². The van der Waals surface area contributed by atoms with E-state index in [1.807, 2.05) is 6.92 Å². The Bertz CT molecular complexity index is 1130. The second-order valence-electron chi connectivity index (χ2n) is 7.57. The van der Waals surface area contributed by atoms with Gasteiger partial charge in [0, 0.05) is 6.54 Å². The third-order valence-electron chi connectivity index (χ3n) is 5.79. The fourth-order valence-electron chi connectivity index (χ4n) is 3.72. The highest BCUT2D eigenvalue weighted by atomic mass is 35.5. The number of benzene rings is 4. The first-order valence-corrected chi connectivity index (χ1v) is 9.39. The van der Waals surface area contributed by atoms with Crippen molar-refractivity contribution in [1.29, 1.82) is 0 Å². The first-order chi connectivity index (χ1) is 13.0. The Kier molecular flexibility index (Phi) is 5.92. The van der Waals surface area contributed by atoms with E-state index < -0.39 is 11.6 Å². The molecule has 146 valence electrons. The number of hydrogen-bond acceptors (Lipinski definition) is 3. The summed E-state index contributed by atoms with van der Waals surface area (Å²) >= 11 is 0. The number of fused-ring (bicyclic) bond motifs is 5. The van der Waals surface area contributed by atoms with Crippen LogP contribution in [-0.2, 0) is 6.54 Å². The third-order valence-corrected chi connectivity index (χ3v) is 5.79. The number of aliphatic hydroxyl groups excluding tert-OH is 2. The quantitative estimate of drug-likeness (QED) is 0.426. The van der Waals surface area contributed by atoms with Crippen molar-refractivity contribution in [3.05, 3.63) is 72.3 Å². The van der Waals surface area contributed by atoms with Crippen LogP contribution in [0.2, 0.25) is 0 Å². The molecular weight excluding hydrogens is 370 g/mol. The SMILES string of the molecule is CC(O)C(C)(CO)NCc1cc2c3ccccc3ccc2c2ccccc12.Cl. The van der Waals surface area contributed by atoms with Crippen LogP contribution >= 0.6 is 12.4 Å². The van der Waals surface area contributed by atoms with E-state index in [-0.39, 0.29) is 19.0 Å². The molecule has 0 spiro atoms. The van der Waals surface area contributed by atoms with Crippen LogP contribution in [-0.4, -0.2) is 28.5 Å². The van der Waals surface area contributed by atoms with Crippen molar-refractivity contribution < 1.29 is 10.2 Å². The van der Waals surface area contributed by atoms with Gasteiger partial charge in [-0.3, -0.25) is 0 Å². The van der Waals surface area contributed by atoms with Crippen LogP contribution in [0.3, 0.4) is 0 Å². The molecule has 0 amide bonds. The monoisotopic (exact) mass is 395 g/mol. The number of nitrogens with one attached hydrogen (secondary N) is 1. The highest BCUT2D eigenvalue weighted by molar-refractivity contribution is 6.18. The molecule has 0 saturated carbocycles. The smallest absolute Gasteiger partial charge is 0.0713 e. The van der Waals surface area contributed by atoms with E-state index in [1.54, 1.807) is 6.92 Å². The minimum atomic E-state index is -0.741. The Morgan fingerprint density at radius 2 is 1.46 bits per heavy atom. The van der Waals surface area contributed by atoms with Crippen LogP contribution in [0.1, 0.15) is 19.4 Å². The van der Waals surface area contributed by atoms with E-state index in [4.69, 9.17) is 0 Å². The molecule has 0 aliphatic rings. The zero-order valence-electron chi connectivity index (χ0n) is 16.1. The number of halogens is 1. The van der Waals surface area contributed by atoms with Crippen molar-refractivity contribution in [1.82, 2.24) is 5.32 Å². The highest BCUT2D eigenvalue weighted by Gasteiger charge is 2.28. The molecule has 3 N–H and O–H groups in total. The number of rotatable bonds is 5. The minimum absolute atomic E-state index is 0. The predicted octanol–water partition coefficient (Wildman–Crippen LogP) is 4.79. The summed E-state index contributed by atoms with van der Waals surface area (Å²) in [4.78, 5) is 0. The Balaban J connectivity index is 0.00000225. The molecule has 2 unspecified atom stereocenters. The first kappa shape index (κ1) is 20.6. The molecule has 4 heteroatoms. The summed E-state index contributed by atoms with van der Waals surface area (Å²) in [6, 6.07) is 23.5. The van der Waals surface area contributed by atoms with Crippen molar-refractivity contribution >= 4 is 44.7 Å².